The molecule has 6 heteroatoms. The highest BCUT2D eigenvalue weighted by Crippen LogP contribution is 2.33. The first-order chi connectivity index (χ1) is 13.0. The van der Waals surface area contributed by atoms with Crippen molar-refractivity contribution >= 4 is 11.8 Å². The van der Waals surface area contributed by atoms with Gasteiger partial charge >= 0.3 is 0 Å². The molecule has 0 aliphatic carbocycles. The maximum atomic E-state index is 12.7. The minimum Gasteiger partial charge on any atom is -0.375 e. The van der Waals surface area contributed by atoms with Gasteiger partial charge in [0.15, 0.2) is 0 Å². The number of likely N-dealkylation sites (tertiary alicyclic amines) is 3. The molecule has 0 atom stereocenters. The van der Waals surface area contributed by atoms with Gasteiger partial charge in [-0.05, 0) is 43.4 Å². The smallest absolute Gasteiger partial charge is 0.248 e. The molecule has 2 amide bonds. The van der Waals surface area contributed by atoms with Crippen LogP contribution in [0.4, 0.5) is 0 Å². The lowest BCUT2D eigenvalue weighted by atomic mass is 9.78. The zero-order valence-electron chi connectivity index (χ0n) is 17.4. The van der Waals surface area contributed by atoms with Gasteiger partial charge in [0, 0.05) is 52.9 Å². The van der Waals surface area contributed by atoms with E-state index in [0.29, 0.717) is 23.7 Å². The summed E-state index contributed by atoms with van der Waals surface area (Å²) in [6.45, 7) is 11.2. The van der Waals surface area contributed by atoms with Gasteiger partial charge in [0.1, 0.15) is 6.61 Å². The first-order valence-electron chi connectivity index (χ1n) is 10.8. The third-order valence-corrected chi connectivity index (χ3v) is 6.61. The third-order valence-electron chi connectivity index (χ3n) is 6.61. The Morgan fingerprint density at radius 2 is 1.44 bits per heavy atom. The molecule has 0 aromatic carbocycles. The van der Waals surface area contributed by atoms with Crippen molar-refractivity contribution in [2.24, 2.45) is 23.7 Å². The van der Waals surface area contributed by atoms with Gasteiger partial charge in [0.05, 0.1) is 5.92 Å². The molecule has 0 bridgehead atoms. The largest absolute Gasteiger partial charge is 0.375 e. The van der Waals surface area contributed by atoms with Gasteiger partial charge in [-0.1, -0.05) is 13.8 Å². The molecular formula is C21H37N3O3. The predicted octanol–water partition coefficient (Wildman–Crippen LogP) is 1.70. The number of carbonyl (C=O) groups is 2. The Morgan fingerprint density at radius 3 is 1.93 bits per heavy atom. The summed E-state index contributed by atoms with van der Waals surface area (Å²) in [6, 6.07) is 0. The van der Waals surface area contributed by atoms with Crippen LogP contribution in [0.1, 0.15) is 39.5 Å². The van der Waals surface area contributed by atoms with Crippen molar-refractivity contribution in [2.75, 3.05) is 59.5 Å². The molecule has 3 saturated heterocycles. The lowest BCUT2D eigenvalue weighted by molar-refractivity contribution is -0.143. The van der Waals surface area contributed by atoms with E-state index in [9.17, 15) is 9.59 Å². The van der Waals surface area contributed by atoms with E-state index < -0.39 is 0 Å². The molecule has 6 nitrogen and oxygen atoms in total. The minimum absolute atomic E-state index is 0.114. The second kappa shape index (κ2) is 9.37. The van der Waals surface area contributed by atoms with Crippen LogP contribution in [0.5, 0.6) is 0 Å². The van der Waals surface area contributed by atoms with E-state index in [1.54, 1.807) is 7.11 Å². The molecule has 3 aliphatic rings. The Hall–Kier alpha value is -1.14. The van der Waals surface area contributed by atoms with Gasteiger partial charge in [-0.2, -0.15) is 0 Å². The van der Waals surface area contributed by atoms with Crippen molar-refractivity contribution < 1.29 is 14.3 Å². The number of methoxy groups -OCH3 is 1. The van der Waals surface area contributed by atoms with E-state index in [4.69, 9.17) is 4.74 Å². The van der Waals surface area contributed by atoms with Crippen LogP contribution in [0.2, 0.25) is 0 Å². The van der Waals surface area contributed by atoms with Gasteiger partial charge in [-0.3, -0.25) is 9.59 Å². The van der Waals surface area contributed by atoms with Crippen LogP contribution < -0.4 is 0 Å². The molecule has 0 spiro atoms. The number of carbonyl (C=O) groups excluding carboxylic acids is 2. The molecule has 0 saturated carbocycles. The Balaban J connectivity index is 1.36. The van der Waals surface area contributed by atoms with Crippen LogP contribution in [-0.2, 0) is 14.3 Å². The van der Waals surface area contributed by atoms with Crippen molar-refractivity contribution in [3.63, 3.8) is 0 Å². The lowest BCUT2D eigenvalue weighted by Crippen LogP contribution is -2.56. The first-order valence-corrected chi connectivity index (χ1v) is 10.8. The fourth-order valence-electron chi connectivity index (χ4n) is 5.08. The molecule has 3 fully saturated rings. The van der Waals surface area contributed by atoms with Crippen molar-refractivity contribution in [3.05, 3.63) is 0 Å². The quantitative estimate of drug-likeness (QED) is 0.705. The Bertz CT molecular complexity index is 503. The highest BCUT2D eigenvalue weighted by Gasteiger charge is 2.37. The van der Waals surface area contributed by atoms with Gasteiger partial charge in [-0.15, -0.1) is 0 Å². The maximum absolute atomic E-state index is 12.7. The van der Waals surface area contributed by atoms with Crippen LogP contribution in [0.25, 0.3) is 0 Å². The summed E-state index contributed by atoms with van der Waals surface area (Å²) in [5.74, 6) is 2.83. The number of hydrogen-bond donors (Lipinski definition) is 0. The molecule has 0 unspecified atom stereocenters. The van der Waals surface area contributed by atoms with E-state index >= 15 is 0 Å². The van der Waals surface area contributed by atoms with Gasteiger partial charge in [-0.25, -0.2) is 0 Å². The summed E-state index contributed by atoms with van der Waals surface area (Å²) >= 11 is 0. The molecular weight excluding hydrogens is 342 g/mol. The normalized spacial score (nSPS) is 23.7. The Morgan fingerprint density at radius 1 is 0.926 bits per heavy atom. The number of rotatable bonds is 6. The zero-order valence-corrected chi connectivity index (χ0v) is 17.4. The summed E-state index contributed by atoms with van der Waals surface area (Å²) in [6.07, 6.45) is 4.46. The van der Waals surface area contributed by atoms with Gasteiger partial charge in [0.25, 0.3) is 0 Å². The van der Waals surface area contributed by atoms with Crippen LogP contribution in [-0.4, -0.2) is 86.0 Å². The molecule has 154 valence electrons. The molecule has 3 rings (SSSR count). The molecule has 0 N–H and O–H groups in total. The summed E-state index contributed by atoms with van der Waals surface area (Å²) in [5.41, 5.74) is 0. The fraction of sp³-hybridized carbons (Fsp3) is 0.905. The zero-order chi connectivity index (χ0) is 19.4. The number of nitrogens with zero attached hydrogens (tertiary/aromatic N) is 3. The van der Waals surface area contributed by atoms with E-state index in [0.717, 1.165) is 71.5 Å². The average Bonchev–Trinajstić information content (AvgIpc) is 2.64. The summed E-state index contributed by atoms with van der Waals surface area (Å²) in [5, 5.41) is 0. The van der Waals surface area contributed by atoms with Crippen LogP contribution in [0.15, 0.2) is 0 Å². The standard InChI is InChI=1S/C21H37N3O3/c1-16(2)12-22-13-19(14-22)21(26)24-10-6-18(7-11-24)17-4-8-23(9-5-17)20(25)15-27-3/h16-19H,4-15H2,1-3H3. The van der Waals surface area contributed by atoms with Gasteiger partial charge in [0.2, 0.25) is 11.8 Å². The monoisotopic (exact) mass is 379 g/mol. The Kier molecular flexibility index (Phi) is 7.15. The summed E-state index contributed by atoms with van der Waals surface area (Å²) in [7, 11) is 1.57. The second-order valence-electron chi connectivity index (χ2n) is 9.12. The minimum atomic E-state index is 0.114. The highest BCUT2D eigenvalue weighted by atomic mass is 16.5. The van der Waals surface area contributed by atoms with E-state index in [1.807, 2.05) is 4.90 Å². The predicted molar refractivity (Wildman–Crippen MR) is 105 cm³/mol. The molecule has 3 heterocycles. The number of piperidine rings is 2. The van der Waals surface area contributed by atoms with E-state index in [2.05, 4.69) is 23.6 Å². The number of amides is 2. The average molecular weight is 380 g/mol. The molecule has 27 heavy (non-hydrogen) atoms. The first kappa shape index (κ1) is 20.6. The third kappa shape index (κ3) is 5.23. The van der Waals surface area contributed by atoms with Crippen LogP contribution in [0.3, 0.4) is 0 Å². The second-order valence-corrected chi connectivity index (χ2v) is 9.12. The fourth-order valence-corrected chi connectivity index (χ4v) is 5.08. The van der Waals surface area contributed by atoms with Crippen LogP contribution in [0, 0.1) is 23.7 Å². The molecule has 0 radical (unpaired) electrons. The van der Waals surface area contributed by atoms with Crippen molar-refractivity contribution in [3.8, 4) is 0 Å². The lowest BCUT2D eigenvalue weighted by Gasteiger charge is -2.44. The van der Waals surface area contributed by atoms with E-state index in [-0.39, 0.29) is 18.4 Å². The molecule has 3 aliphatic heterocycles. The van der Waals surface area contributed by atoms with Crippen molar-refractivity contribution in [1.29, 1.82) is 0 Å². The summed E-state index contributed by atoms with van der Waals surface area (Å²) in [4.78, 5) is 31.1. The number of hydrogen-bond acceptors (Lipinski definition) is 4. The van der Waals surface area contributed by atoms with Crippen LogP contribution >= 0.6 is 0 Å². The molecule has 0 aromatic heterocycles. The van der Waals surface area contributed by atoms with Crippen molar-refractivity contribution in [1.82, 2.24) is 14.7 Å². The van der Waals surface area contributed by atoms with E-state index in [1.165, 1.54) is 0 Å². The SMILES string of the molecule is COCC(=O)N1CCC(C2CCN(C(=O)C3CN(CC(C)C)C3)CC2)CC1. The Labute approximate surface area is 164 Å². The maximum Gasteiger partial charge on any atom is 0.248 e. The topological polar surface area (TPSA) is 53.1 Å². The van der Waals surface area contributed by atoms with Crippen molar-refractivity contribution in [2.45, 2.75) is 39.5 Å². The highest BCUT2D eigenvalue weighted by molar-refractivity contribution is 5.80. The summed E-state index contributed by atoms with van der Waals surface area (Å²) < 4.78 is 4.96. The van der Waals surface area contributed by atoms with Gasteiger partial charge < -0.3 is 19.4 Å². The molecule has 0 aromatic rings. The number of ether oxygens (including phenoxy) is 1.